The smallest absolute Gasteiger partial charge is 0.433 e. The predicted octanol–water partition coefficient (Wildman–Crippen LogP) is 4.74. The SMILES string of the molecule is CN1C2CCC1CC(OC(c1ccccc1)c1ccccc1)C2.O=C1OCCN1N=Cc1ccc([N+](=O)[O-])o1.O=S(=O)(O)O. The van der Waals surface area contributed by atoms with Crippen LogP contribution in [0.15, 0.2) is 82.3 Å². The summed E-state index contributed by atoms with van der Waals surface area (Å²) in [5.74, 6) is -0.170. The quantitative estimate of drug-likeness (QED) is 0.159. The molecule has 44 heavy (non-hydrogen) atoms. The number of hydrogen-bond donors (Lipinski definition) is 2. The molecule has 14 nitrogen and oxygen atoms in total. The number of rotatable bonds is 7. The molecule has 3 aliphatic heterocycles. The van der Waals surface area contributed by atoms with E-state index >= 15 is 0 Å². The molecule has 3 aromatic rings. The Morgan fingerprint density at radius 1 is 1.00 bits per heavy atom. The summed E-state index contributed by atoms with van der Waals surface area (Å²) in [5.41, 5.74) is 2.51. The first-order chi connectivity index (χ1) is 21.0. The van der Waals surface area contributed by atoms with Gasteiger partial charge in [0.15, 0.2) is 5.76 Å². The number of ether oxygens (including phenoxy) is 2. The molecule has 2 atom stereocenters. The molecule has 15 heteroatoms. The van der Waals surface area contributed by atoms with Gasteiger partial charge in [0.2, 0.25) is 0 Å². The summed E-state index contributed by atoms with van der Waals surface area (Å²) in [6.45, 7) is 0.645. The van der Waals surface area contributed by atoms with Gasteiger partial charge < -0.3 is 18.8 Å². The highest BCUT2D eigenvalue weighted by atomic mass is 32.3. The van der Waals surface area contributed by atoms with E-state index in [9.17, 15) is 14.9 Å². The lowest BCUT2D eigenvalue weighted by Crippen LogP contribution is -2.43. The number of fused-ring (bicyclic) bond motifs is 2. The summed E-state index contributed by atoms with van der Waals surface area (Å²) in [6.07, 6.45) is 6.10. The molecular formula is C29H34N4O10S. The van der Waals surface area contributed by atoms with Crippen LogP contribution in [0.4, 0.5) is 10.7 Å². The van der Waals surface area contributed by atoms with E-state index in [2.05, 4.69) is 82.4 Å². The van der Waals surface area contributed by atoms with Crippen LogP contribution in [0, 0.1) is 10.1 Å². The van der Waals surface area contributed by atoms with Crippen molar-refractivity contribution in [2.45, 2.75) is 50.0 Å². The first kappa shape index (κ1) is 32.8. The molecule has 2 N–H and O–H groups in total. The Balaban J connectivity index is 0.000000183. The van der Waals surface area contributed by atoms with Crippen LogP contribution < -0.4 is 0 Å². The topological polar surface area (TPSA) is 185 Å². The molecule has 0 radical (unpaired) electrons. The number of benzene rings is 2. The van der Waals surface area contributed by atoms with Crippen molar-refractivity contribution in [2.24, 2.45) is 5.10 Å². The Morgan fingerprint density at radius 2 is 1.55 bits per heavy atom. The number of nitro groups is 1. The lowest BCUT2D eigenvalue weighted by molar-refractivity contribution is -0.402. The van der Waals surface area contributed by atoms with Crippen LogP contribution in [0.2, 0.25) is 0 Å². The molecule has 3 saturated heterocycles. The lowest BCUT2D eigenvalue weighted by atomic mass is 9.97. The maximum Gasteiger partial charge on any atom is 0.433 e. The summed E-state index contributed by atoms with van der Waals surface area (Å²) in [6, 6.07) is 25.3. The minimum atomic E-state index is -4.67. The van der Waals surface area contributed by atoms with Gasteiger partial charge in [0, 0.05) is 12.1 Å². The molecule has 0 aliphatic carbocycles. The normalized spacial score (nSPS) is 21.4. The third-order valence-electron chi connectivity index (χ3n) is 7.44. The van der Waals surface area contributed by atoms with Crippen LogP contribution >= 0.6 is 0 Å². The van der Waals surface area contributed by atoms with Crippen LogP contribution in [0.3, 0.4) is 0 Å². The summed E-state index contributed by atoms with van der Waals surface area (Å²) in [5, 5.41) is 15.2. The van der Waals surface area contributed by atoms with Crippen molar-refractivity contribution >= 4 is 28.6 Å². The highest BCUT2D eigenvalue weighted by Gasteiger charge is 2.39. The fourth-order valence-corrected chi connectivity index (χ4v) is 5.40. The van der Waals surface area contributed by atoms with E-state index in [1.165, 1.54) is 55.2 Å². The van der Waals surface area contributed by atoms with Crippen molar-refractivity contribution in [1.29, 1.82) is 0 Å². The molecule has 6 rings (SSSR count). The molecule has 3 aliphatic rings. The zero-order valence-electron chi connectivity index (χ0n) is 23.9. The molecule has 4 heterocycles. The Morgan fingerprint density at radius 3 is 2.00 bits per heavy atom. The zero-order chi connectivity index (χ0) is 31.7. The second-order valence-electron chi connectivity index (χ2n) is 10.3. The van der Waals surface area contributed by atoms with Gasteiger partial charge in [-0.2, -0.15) is 18.5 Å². The van der Waals surface area contributed by atoms with Crippen LogP contribution in [0.5, 0.6) is 0 Å². The van der Waals surface area contributed by atoms with Gasteiger partial charge in [-0.1, -0.05) is 60.7 Å². The first-order valence-corrected chi connectivity index (χ1v) is 15.3. The van der Waals surface area contributed by atoms with Crippen molar-refractivity contribution in [2.75, 3.05) is 20.2 Å². The number of furan rings is 1. The van der Waals surface area contributed by atoms with E-state index in [1.807, 2.05) is 0 Å². The minimum absolute atomic E-state index is 0.0465. The largest absolute Gasteiger partial charge is 0.446 e. The molecule has 2 aromatic carbocycles. The predicted molar refractivity (Wildman–Crippen MR) is 159 cm³/mol. The molecule has 1 aromatic heterocycles. The number of piperidine rings is 1. The summed E-state index contributed by atoms with van der Waals surface area (Å²) in [7, 11) is -2.38. The number of carbonyl (C=O) groups excluding carboxylic acids is 1. The molecule has 1 amide bonds. The number of hydrazone groups is 1. The molecule has 0 spiro atoms. The zero-order valence-corrected chi connectivity index (χ0v) is 24.7. The van der Waals surface area contributed by atoms with Crippen LogP contribution in [-0.4, -0.2) is 83.1 Å². The number of cyclic esters (lactones) is 1. The van der Waals surface area contributed by atoms with Crippen LogP contribution in [0.25, 0.3) is 0 Å². The third kappa shape index (κ3) is 9.68. The fraction of sp³-hybridized carbons (Fsp3) is 0.379. The average molecular weight is 631 g/mol. The fourth-order valence-electron chi connectivity index (χ4n) is 5.40. The summed E-state index contributed by atoms with van der Waals surface area (Å²) in [4.78, 5) is 23.2. The van der Waals surface area contributed by atoms with Gasteiger partial charge in [-0.3, -0.25) is 19.2 Å². The van der Waals surface area contributed by atoms with Crippen LogP contribution in [-0.2, 0) is 19.9 Å². The van der Waals surface area contributed by atoms with Crippen molar-refractivity contribution in [3.63, 3.8) is 0 Å². The Hall–Kier alpha value is -4.15. The van der Waals surface area contributed by atoms with Gasteiger partial charge in [-0.15, -0.1) is 0 Å². The second-order valence-corrected chi connectivity index (χ2v) is 11.2. The number of hydrogen-bond acceptors (Lipinski definition) is 10. The average Bonchev–Trinajstić information content (AvgIpc) is 3.68. The molecular weight excluding hydrogens is 596 g/mol. The molecule has 0 saturated carbocycles. The van der Waals surface area contributed by atoms with Gasteiger partial charge in [-0.05, 0) is 49.9 Å². The maximum absolute atomic E-state index is 11.0. The van der Waals surface area contributed by atoms with E-state index in [4.69, 9.17) is 26.7 Å². The molecule has 2 bridgehead atoms. The van der Waals surface area contributed by atoms with Crippen molar-refractivity contribution in [3.05, 3.63) is 99.8 Å². The van der Waals surface area contributed by atoms with Crippen molar-refractivity contribution in [1.82, 2.24) is 9.91 Å². The monoisotopic (exact) mass is 630 g/mol. The minimum Gasteiger partial charge on any atom is -0.446 e. The number of nitrogens with zero attached hydrogens (tertiary/aromatic N) is 4. The van der Waals surface area contributed by atoms with Gasteiger partial charge in [0.25, 0.3) is 0 Å². The Labute approximate surface area is 254 Å². The lowest BCUT2D eigenvalue weighted by Gasteiger charge is -2.38. The van der Waals surface area contributed by atoms with E-state index in [0.29, 0.717) is 24.7 Å². The third-order valence-corrected chi connectivity index (χ3v) is 7.44. The van der Waals surface area contributed by atoms with Gasteiger partial charge in [0.05, 0.1) is 24.9 Å². The highest BCUT2D eigenvalue weighted by molar-refractivity contribution is 7.79. The number of amides is 1. The standard InChI is InChI=1S/C21H25NO.C8H7N3O5.H2O4S/c1-22-18-12-13-19(22)15-20(14-18)23-21(16-8-4-2-5-9-16)17-10-6-3-7-11-17;12-8-10(3-4-15-8)9-5-6-1-2-7(16-6)11(13)14;1-5(2,3)4/h2-11,18-21H,12-15H2,1H3;1-2,5H,3-4H2;(H2,1,2,3,4). The first-order valence-electron chi connectivity index (χ1n) is 13.9. The van der Waals surface area contributed by atoms with E-state index in [-0.39, 0.29) is 24.4 Å². The molecule has 2 unspecified atom stereocenters. The molecule has 236 valence electrons. The number of carbonyl (C=O) groups is 1. The van der Waals surface area contributed by atoms with Crippen molar-refractivity contribution in [3.8, 4) is 0 Å². The summed E-state index contributed by atoms with van der Waals surface area (Å²) >= 11 is 0. The highest BCUT2D eigenvalue weighted by Crippen LogP contribution is 2.38. The summed E-state index contributed by atoms with van der Waals surface area (Å²) < 4.78 is 47.7. The van der Waals surface area contributed by atoms with Gasteiger partial charge in [0.1, 0.15) is 17.6 Å². The molecule has 3 fully saturated rings. The maximum atomic E-state index is 11.0. The van der Waals surface area contributed by atoms with Gasteiger partial charge >= 0.3 is 22.4 Å². The van der Waals surface area contributed by atoms with E-state index < -0.39 is 21.4 Å². The van der Waals surface area contributed by atoms with Crippen molar-refractivity contribution < 1.29 is 41.1 Å². The second kappa shape index (κ2) is 15.0. The van der Waals surface area contributed by atoms with E-state index in [0.717, 1.165) is 5.01 Å². The van der Waals surface area contributed by atoms with E-state index in [1.54, 1.807) is 0 Å². The Bertz CT molecular complexity index is 1460. The Kier molecular flexibility index (Phi) is 11.2. The van der Waals surface area contributed by atoms with Crippen LogP contribution in [0.1, 0.15) is 48.7 Å². The van der Waals surface area contributed by atoms with Gasteiger partial charge in [-0.25, -0.2) is 4.79 Å².